The molecule has 0 bridgehead atoms. The minimum atomic E-state index is -1.43. The number of halogens is 1. The van der Waals surface area contributed by atoms with E-state index in [1.165, 1.54) is 7.11 Å². The average molecular weight is 525 g/mol. The molecule has 3 heterocycles. The van der Waals surface area contributed by atoms with Gasteiger partial charge in [0.2, 0.25) is 0 Å². The van der Waals surface area contributed by atoms with E-state index in [0.29, 0.717) is 30.0 Å². The van der Waals surface area contributed by atoms with Crippen molar-refractivity contribution in [3.05, 3.63) is 68.5 Å². The quantitative estimate of drug-likeness (QED) is 0.211. The van der Waals surface area contributed by atoms with Crippen LogP contribution in [0.15, 0.2) is 35.1 Å². The summed E-state index contributed by atoms with van der Waals surface area (Å²) < 4.78 is 12.7. The number of pyridine rings is 2. The van der Waals surface area contributed by atoms with Gasteiger partial charge in [0.1, 0.15) is 18.5 Å². The summed E-state index contributed by atoms with van der Waals surface area (Å²) in [5, 5.41) is 10.6. The predicted molar refractivity (Wildman–Crippen MR) is 141 cm³/mol. The van der Waals surface area contributed by atoms with E-state index >= 15 is 0 Å². The van der Waals surface area contributed by atoms with Gasteiger partial charge in [-0.2, -0.15) is 0 Å². The number of fused-ring (bicyclic) bond motifs is 4. The molecule has 0 radical (unpaired) electrons. The molecule has 0 spiro atoms. The number of nitrogens with zero attached hydrogens (tertiary/aromatic N) is 2. The number of benzene rings is 1. The topological polar surface area (TPSA) is 108 Å². The van der Waals surface area contributed by atoms with Crippen molar-refractivity contribution < 1.29 is 24.2 Å². The first-order valence-electron chi connectivity index (χ1n) is 12.2. The third kappa shape index (κ3) is 4.61. The second-order valence-corrected chi connectivity index (χ2v) is 9.09. The van der Waals surface area contributed by atoms with E-state index in [1.54, 1.807) is 10.6 Å². The first-order valence-corrected chi connectivity index (χ1v) is 12.6. The van der Waals surface area contributed by atoms with E-state index in [9.17, 15) is 19.5 Å². The maximum atomic E-state index is 13.4. The molecule has 37 heavy (non-hydrogen) atoms. The minimum absolute atomic E-state index is 0.000507. The highest BCUT2D eigenvalue weighted by Crippen LogP contribution is 2.42. The van der Waals surface area contributed by atoms with Crippen molar-refractivity contribution in [3.8, 4) is 17.1 Å². The van der Waals surface area contributed by atoms with E-state index in [2.05, 4.69) is 6.58 Å². The Labute approximate surface area is 219 Å². The highest BCUT2D eigenvalue weighted by Gasteiger charge is 2.31. The molecule has 9 heteroatoms. The van der Waals surface area contributed by atoms with Gasteiger partial charge in [-0.3, -0.25) is 9.59 Å². The van der Waals surface area contributed by atoms with Crippen molar-refractivity contribution in [1.82, 2.24) is 9.55 Å². The van der Waals surface area contributed by atoms with E-state index < -0.39 is 11.3 Å². The van der Waals surface area contributed by atoms with Crippen molar-refractivity contribution in [1.29, 1.82) is 0 Å². The molecular formula is C28H29ClN2O6. The fourth-order valence-corrected chi connectivity index (χ4v) is 5.13. The van der Waals surface area contributed by atoms with Crippen molar-refractivity contribution >= 4 is 34.0 Å². The molecule has 3 aromatic rings. The lowest BCUT2D eigenvalue weighted by atomic mass is 9.86. The maximum absolute atomic E-state index is 13.4. The molecule has 0 amide bonds. The number of aliphatic hydroxyl groups excluding tert-OH is 1. The van der Waals surface area contributed by atoms with Crippen molar-refractivity contribution in [3.63, 3.8) is 0 Å². The zero-order chi connectivity index (χ0) is 26.9. The number of hydrogen-bond acceptors (Lipinski definition) is 7. The van der Waals surface area contributed by atoms with Crippen LogP contribution >= 0.6 is 11.6 Å². The Balaban J connectivity index is 0.00000156. The summed E-state index contributed by atoms with van der Waals surface area (Å²) in [5.74, 6) is 0.658. The van der Waals surface area contributed by atoms with E-state index in [4.69, 9.17) is 26.1 Å². The molecule has 1 N–H and O–H groups in total. The zero-order valence-electron chi connectivity index (χ0n) is 21.1. The summed E-state index contributed by atoms with van der Waals surface area (Å²) in [6.45, 7) is 7.97. The number of aromatic nitrogens is 2. The second-order valence-electron chi connectivity index (χ2n) is 8.74. The molecule has 1 aliphatic carbocycles. The van der Waals surface area contributed by atoms with Gasteiger partial charge in [0, 0.05) is 40.3 Å². The Bertz CT molecular complexity index is 1480. The number of hydrogen-bond donors (Lipinski definition) is 1. The number of aldehydes is 1. The fraction of sp³-hybridized carbons (Fsp3) is 0.357. The molecule has 5 rings (SSSR count). The molecule has 0 fully saturated rings. The van der Waals surface area contributed by atoms with Crippen molar-refractivity contribution in [2.24, 2.45) is 0 Å². The summed E-state index contributed by atoms with van der Waals surface area (Å²) >= 11 is 5.49. The third-order valence-corrected chi connectivity index (χ3v) is 6.96. The number of carbonyl (C=O) groups excluding carboxylic acids is 2. The SMILES string of the molecule is C=C(COc1ccc2nc3c(c4c2c1CCC4)Cn1c-3cc(C(O)C=O)c(COC)c1=O)C(=O)Cl.CC. The van der Waals surface area contributed by atoms with Crippen LogP contribution in [0, 0.1) is 0 Å². The third-order valence-electron chi connectivity index (χ3n) is 6.70. The summed E-state index contributed by atoms with van der Waals surface area (Å²) in [4.78, 5) is 40.9. The van der Waals surface area contributed by atoms with Crippen LogP contribution in [0.5, 0.6) is 5.75 Å². The Morgan fingerprint density at radius 3 is 2.68 bits per heavy atom. The second kappa shape index (κ2) is 11.0. The Morgan fingerprint density at radius 2 is 2.00 bits per heavy atom. The van der Waals surface area contributed by atoms with Crippen LogP contribution in [-0.4, -0.2) is 39.9 Å². The average Bonchev–Trinajstić information content (AvgIpc) is 3.29. The molecule has 2 aromatic heterocycles. The summed E-state index contributed by atoms with van der Waals surface area (Å²) in [5.41, 5.74) is 5.45. The molecule has 1 aromatic carbocycles. The molecule has 1 aliphatic heterocycles. The molecular weight excluding hydrogens is 496 g/mol. The van der Waals surface area contributed by atoms with Gasteiger partial charge in [0.25, 0.3) is 10.8 Å². The first-order chi connectivity index (χ1) is 17.8. The first kappa shape index (κ1) is 26.7. The smallest absolute Gasteiger partial charge is 0.257 e. The number of aliphatic hydroxyl groups is 1. The van der Waals surface area contributed by atoms with Gasteiger partial charge in [-0.1, -0.05) is 20.4 Å². The monoisotopic (exact) mass is 524 g/mol. The minimum Gasteiger partial charge on any atom is -0.488 e. The molecule has 1 atom stereocenters. The van der Waals surface area contributed by atoms with Crippen LogP contribution in [-0.2, 0) is 40.3 Å². The van der Waals surface area contributed by atoms with Gasteiger partial charge in [0.15, 0.2) is 6.29 Å². The van der Waals surface area contributed by atoms with Crippen LogP contribution in [0.2, 0.25) is 0 Å². The van der Waals surface area contributed by atoms with Gasteiger partial charge >= 0.3 is 0 Å². The van der Waals surface area contributed by atoms with Crippen LogP contribution in [0.4, 0.5) is 0 Å². The maximum Gasteiger partial charge on any atom is 0.257 e. The highest BCUT2D eigenvalue weighted by atomic mass is 35.5. The highest BCUT2D eigenvalue weighted by molar-refractivity contribution is 6.67. The number of methoxy groups -OCH3 is 1. The fourth-order valence-electron chi connectivity index (χ4n) is 5.08. The van der Waals surface area contributed by atoms with Gasteiger partial charge < -0.3 is 23.9 Å². The number of aryl methyl sites for hydroxylation is 2. The molecule has 194 valence electrons. The Hall–Kier alpha value is -3.33. The molecule has 8 nitrogen and oxygen atoms in total. The summed E-state index contributed by atoms with van der Waals surface area (Å²) in [6, 6.07) is 5.35. The standard InChI is InChI=1S/C26H23ClN2O6.C2H6/c1-13(25(27)32)11-35-22-7-6-19-23-14(4-3-5-15(22)23)17-9-29-20(24(17)28-19)8-16(21(31)10-30)18(12-34-2)26(29)33;1-2/h6-8,10,21,31H,1,3-5,9,11-12H2,2H3;1-2H3. The van der Waals surface area contributed by atoms with E-state index in [1.807, 2.05) is 26.0 Å². The Kier molecular flexibility index (Phi) is 7.92. The van der Waals surface area contributed by atoms with Crippen LogP contribution < -0.4 is 10.3 Å². The zero-order valence-corrected chi connectivity index (χ0v) is 21.9. The lowest BCUT2D eigenvalue weighted by Crippen LogP contribution is -2.26. The summed E-state index contributed by atoms with van der Waals surface area (Å²) in [6.07, 6.45) is 1.48. The number of ether oxygens (including phenoxy) is 2. The van der Waals surface area contributed by atoms with Crippen LogP contribution in [0.3, 0.4) is 0 Å². The van der Waals surface area contributed by atoms with Crippen molar-refractivity contribution in [2.45, 2.75) is 52.4 Å². The molecule has 0 saturated carbocycles. The Morgan fingerprint density at radius 1 is 1.27 bits per heavy atom. The molecule has 2 aliphatic rings. The molecule has 0 saturated heterocycles. The number of rotatable bonds is 8. The predicted octanol–water partition coefficient (Wildman–Crippen LogP) is 4.02. The molecule has 1 unspecified atom stereocenters. The van der Waals surface area contributed by atoms with Crippen LogP contribution in [0.1, 0.15) is 54.2 Å². The van der Waals surface area contributed by atoms with Gasteiger partial charge in [0.05, 0.1) is 30.1 Å². The lowest BCUT2D eigenvalue weighted by Gasteiger charge is -2.22. The summed E-state index contributed by atoms with van der Waals surface area (Å²) in [7, 11) is 1.46. The number of carbonyl (C=O) groups is 2. The van der Waals surface area contributed by atoms with Gasteiger partial charge in [-0.15, -0.1) is 0 Å². The van der Waals surface area contributed by atoms with Gasteiger partial charge in [-0.25, -0.2) is 4.98 Å². The lowest BCUT2D eigenvalue weighted by molar-refractivity contribution is -0.115. The van der Waals surface area contributed by atoms with Crippen LogP contribution in [0.25, 0.3) is 22.3 Å². The normalized spacial score (nSPS) is 13.8. The largest absolute Gasteiger partial charge is 0.488 e. The van der Waals surface area contributed by atoms with Gasteiger partial charge in [-0.05, 0) is 54.6 Å². The van der Waals surface area contributed by atoms with E-state index in [-0.39, 0.29) is 35.5 Å². The van der Waals surface area contributed by atoms with Crippen molar-refractivity contribution in [2.75, 3.05) is 13.7 Å². The van der Waals surface area contributed by atoms with E-state index in [0.717, 1.165) is 46.9 Å².